The summed E-state index contributed by atoms with van der Waals surface area (Å²) >= 11 is 11.8. The zero-order valence-electron chi connectivity index (χ0n) is 13.4. The van der Waals surface area contributed by atoms with E-state index in [1.807, 2.05) is 4.72 Å². The summed E-state index contributed by atoms with van der Waals surface area (Å²) in [6, 6.07) is 8.40. The number of carboxylic acid groups (broad SMARTS) is 1. The van der Waals surface area contributed by atoms with Crippen molar-refractivity contribution >= 4 is 50.8 Å². The van der Waals surface area contributed by atoms with Crippen LogP contribution in [0.15, 0.2) is 47.4 Å². The third-order valence-corrected chi connectivity index (χ3v) is 5.41. The molecule has 1 amide bonds. The van der Waals surface area contributed by atoms with Gasteiger partial charge in [-0.05, 0) is 49.4 Å². The van der Waals surface area contributed by atoms with Crippen molar-refractivity contribution in [2.45, 2.75) is 17.9 Å². The van der Waals surface area contributed by atoms with Gasteiger partial charge in [0.15, 0.2) is 0 Å². The van der Waals surface area contributed by atoms with E-state index in [9.17, 15) is 18.0 Å². The predicted octanol–water partition coefficient (Wildman–Crippen LogP) is 3.00. The van der Waals surface area contributed by atoms with Crippen molar-refractivity contribution in [1.82, 2.24) is 4.72 Å². The van der Waals surface area contributed by atoms with Crippen molar-refractivity contribution in [2.75, 3.05) is 5.32 Å². The highest BCUT2D eigenvalue weighted by Gasteiger charge is 2.21. The van der Waals surface area contributed by atoms with Gasteiger partial charge < -0.3 is 10.4 Å². The fourth-order valence-electron chi connectivity index (χ4n) is 1.94. The molecule has 0 aromatic heterocycles. The van der Waals surface area contributed by atoms with Gasteiger partial charge in [-0.25, -0.2) is 8.42 Å². The molecule has 0 aliphatic heterocycles. The second-order valence-corrected chi connectivity index (χ2v) is 7.84. The molecule has 2 aromatic carbocycles. The quantitative estimate of drug-likeness (QED) is 0.669. The number of rotatable bonds is 6. The van der Waals surface area contributed by atoms with Crippen LogP contribution in [-0.2, 0) is 14.8 Å². The molecule has 0 fully saturated rings. The van der Waals surface area contributed by atoms with Gasteiger partial charge in [-0.15, -0.1) is 0 Å². The lowest BCUT2D eigenvalue weighted by Crippen LogP contribution is -2.38. The van der Waals surface area contributed by atoms with Crippen LogP contribution in [0.25, 0.3) is 0 Å². The minimum absolute atomic E-state index is 0.131. The molecule has 0 heterocycles. The number of benzene rings is 2. The van der Waals surface area contributed by atoms with Crippen LogP contribution in [0, 0.1) is 0 Å². The van der Waals surface area contributed by atoms with Crippen LogP contribution in [0.2, 0.25) is 10.0 Å². The number of carboxylic acids is 1. The van der Waals surface area contributed by atoms with E-state index in [-0.39, 0.29) is 15.5 Å². The maximum absolute atomic E-state index is 12.2. The Bertz CT molecular complexity index is 946. The summed E-state index contributed by atoms with van der Waals surface area (Å²) in [4.78, 5) is 22.9. The minimum atomic E-state index is -3.99. The summed E-state index contributed by atoms with van der Waals surface area (Å²) in [5.41, 5.74) is 0.552. The first kappa shape index (κ1) is 20.2. The summed E-state index contributed by atoms with van der Waals surface area (Å²) < 4.78 is 26.2. The minimum Gasteiger partial charge on any atom is -0.480 e. The van der Waals surface area contributed by atoms with Crippen LogP contribution in [0.3, 0.4) is 0 Å². The van der Waals surface area contributed by atoms with Crippen molar-refractivity contribution in [3.63, 3.8) is 0 Å². The summed E-state index contributed by atoms with van der Waals surface area (Å²) in [7, 11) is -3.99. The fourth-order valence-corrected chi connectivity index (χ4v) is 3.63. The third kappa shape index (κ3) is 4.95. The first-order valence-electron chi connectivity index (χ1n) is 7.22. The van der Waals surface area contributed by atoms with E-state index in [4.69, 9.17) is 28.3 Å². The van der Waals surface area contributed by atoms with Crippen LogP contribution in [0.4, 0.5) is 5.69 Å². The molecule has 26 heavy (non-hydrogen) atoms. The van der Waals surface area contributed by atoms with Gasteiger partial charge in [0.25, 0.3) is 5.91 Å². The van der Waals surface area contributed by atoms with E-state index in [0.29, 0.717) is 10.7 Å². The zero-order chi connectivity index (χ0) is 19.5. The van der Waals surface area contributed by atoms with Gasteiger partial charge in [-0.3, -0.25) is 9.59 Å². The smallest absolute Gasteiger partial charge is 0.321 e. The Morgan fingerprint density at radius 1 is 1.08 bits per heavy atom. The first-order valence-corrected chi connectivity index (χ1v) is 9.45. The number of halogens is 2. The van der Waals surface area contributed by atoms with Gasteiger partial charge in [0.05, 0.1) is 15.5 Å². The standard InChI is InChI=1S/C16H14Cl2N2O5S/c1-9(16(22)23)20-26(24,25)12-5-3-11(4-6-12)19-15(21)13-7-2-10(17)8-14(13)18/h2-9,20H,1H3,(H,19,21)(H,22,23)/t9-/m0/s1. The molecule has 138 valence electrons. The Balaban J connectivity index is 2.14. The molecule has 7 nitrogen and oxygen atoms in total. The maximum atomic E-state index is 12.2. The second kappa shape index (κ2) is 8.05. The molecule has 0 saturated carbocycles. The van der Waals surface area contributed by atoms with Crippen molar-refractivity contribution < 1.29 is 23.1 Å². The van der Waals surface area contributed by atoms with E-state index in [1.165, 1.54) is 49.4 Å². The molecule has 3 N–H and O–H groups in total. The fraction of sp³-hybridized carbons (Fsp3) is 0.125. The topological polar surface area (TPSA) is 113 Å². The normalized spacial score (nSPS) is 12.4. The largest absolute Gasteiger partial charge is 0.480 e. The van der Waals surface area contributed by atoms with E-state index in [2.05, 4.69) is 5.32 Å². The molecular formula is C16H14Cl2N2O5S. The lowest BCUT2D eigenvalue weighted by atomic mass is 10.2. The van der Waals surface area contributed by atoms with E-state index in [1.54, 1.807) is 0 Å². The highest BCUT2D eigenvalue weighted by atomic mass is 35.5. The molecule has 0 aliphatic rings. The SMILES string of the molecule is C[C@H](NS(=O)(=O)c1ccc(NC(=O)c2ccc(Cl)cc2Cl)cc1)C(=O)O. The lowest BCUT2D eigenvalue weighted by Gasteiger charge is -2.11. The van der Waals surface area contributed by atoms with Crippen LogP contribution in [-0.4, -0.2) is 31.4 Å². The van der Waals surface area contributed by atoms with Crippen molar-refractivity contribution in [2.24, 2.45) is 0 Å². The van der Waals surface area contributed by atoms with Crippen molar-refractivity contribution in [1.29, 1.82) is 0 Å². The number of carbonyl (C=O) groups excluding carboxylic acids is 1. The maximum Gasteiger partial charge on any atom is 0.321 e. The molecule has 0 spiro atoms. The average molecular weight is 417 g/mol. The summed E-state index contributed by atoms with van der Waals surface area (Å²) in [6.07, 6.45) is 0. The van der Waals surface area contributed by atoms with Crippen LogP contribution < -0.4 is 10.0 Å². The van der Waals surface area contributed by atoms with E-state index in [0.717, 1.165) is 0 Å². The van der Waals surface area contributed by atoms with Gasteiger partial charge in [0.2, 0.25) is 10.0 Å². The van der Waals surface area contributed by atoms with Crippen LogP contribution in [0.1, 0.15) is 17.3 Å². The monoisotopic (exact) mass is 416 g/mol. The number of hydrogen-bond donors (Lipinski definition) is 3. The highest BCUT2D eigenvalue weighted by Crippen LogP contribution is 2.22. The third-order valence-electron chi connectivity index (χ3n) is 3.30. The zero-order valence-corrected chi connectivity index (χ0v) is 15.7. The van der Waals surface area contributed by atoms with Gasteiger partial charge in [-0.2, -0.15) is 4.72 Å². The molecule has 1 atom stereocenters. The molecule has 0 radical (unpaired) electrons. The number of nitrogens with one attached hydrogen (secondary N) is 2. The van der Waals surface area contributed by atoms with Gasteiger partial charge in [0, 0.05) is 10.7 Å². The van der Waals surface area contributed by atoms with Gasteiger partial charge >= 0.3 is 5.97 Å². The van der Waals surface area contributed by atoms with Crippen molar-refractivity contribution in [3.05, 3.63) is 58.1 Å². The molecule has 0 aliphatic carbocycles. The molecule has 10 heteroatoms. The Morgan fingerprint density at radius 2 is 1.69 bits per heavy atom. The predicted molar refractivity (Wildman–Crippen MR) is 98.3 cm³/mol. The average Bonchev–Trinajstić information content (AvgIpc) is 2.54. The Morgan fingerprint density at radius 3 is 2.23 bits per heavy atom. The molecule has 2 rings (SSSR count). The number of hydrogen-bond acceptors (Lipinski definition) is 4. The first-order chi connectivity index (χ1) is 12.1. The summed E-state index contributed by atoms with van der Waals surface area (Å²) in [5, 5.41) is 11.9. The number of carbonyl (C=O) groups is 2. The van der Waals surface area contributed by atoms with Crippen LogP contribution >= 0.6 is 23.2 Å². The van der Waals surface area contributed by atoms with Gasteiger partial charge in [0.1, 0.15) is 6.04 Å². The number of sulfonamides is 1. The van der Waals surface area contributed by atoms with E-state index >= 15 is 0 Å². The molecule has 2 aromatic rings. The number of anilines is 1. The highest BCUT2D eigenvalue weighted by molar-refractivity contribution is 7.89. The number of aliphatic carboxylic acids is 1. The lowest BCUT2D eigenvalue weighted by molar-refractivity contribution is -0.138. The molecular weight excluding hydrogens is 403 g/mol. The molecule has 0 unspecified atom stereocenters. The van der Waals surface area contributed by atoms with Gasteiger partial charge in [-0.1, -0.05) is 23.2 Å². The number of amides is 1. The second-order valence-electron chi connectivity index (χ2n) is 5.28. The Hall–Kier alpha value is -2.13. The van der Waals surface area contributed by atoms with Crippen LogP contribution in [0.5, 0.6) is 0 Å². The molecule has 0 bridgehead atoms. The van der Waals surface area contributed by atoms with E-state index < -0.39 is 27.9 Å². The summed E-state index contributed by atoms with van der Waals surface area (Å²) in [6.45, 7) is 1.21. The Kier molecular flexibility index (Phi) is 6.25. The Labute approximate surface area is 160 Å². The summed E-state index contributed by atoms with van der Waals surface area (Å²) in [5.74, 6) is -1.78. The molecule has 0 saturated heterocycles. The van der Waals surface area contributed by atoms with Crippen molar-refractivity contribution in [3.8, 4) is 0 Å².